The fourth-order valence-corrected chi connectivity index (χ4v) is 2.05. The lowest BCUT2D eigenvalue weighted by Gasteiger charge is -2.40. The van der Waals surface area contributed by atoms with Gasteiger partial charge in [-0.25, -0.2) is 4.79 Å². The van der Waals surface area contributed by atoms with E-state index in [-0.39, 0.29) is 12.1 Å². The molecule has 0 aliphatic carbocycles. The van der Waals surface area contributed by atoms with E-state index < -0.39 is 11.6 Å². The predicted octanol–water partition coefficient (Wildman–Crippen LogP) is 1.86. The van der Waals surface area contributed by atoms with Crippen molar-refractivity contribution in [1.29, 1.82) is 5.26 Å². The van der Waals surface area contributed by atoms with Gasteiger partial charge in [-0.1, -0.05) is 6.07 Å². The molecule has 1 aromatic rings. The Morgan fingerprint density at radius 2 is 2.29 bits per heavy atom. The third-order valence-electron chi connectivity index (χ3n) is 3.08. The minimum atomic E-state index is -0.486. The van der Waals surface area contributed by atoms with Gasteiger partial charge in [-0.05, 0) is 26.8 Å². The quantitative estimate of drug-likeness (QED) is 0.918. The van der Waals surface area contributed by atoms with Gasteiger partial charge in [0.25, 0.3) is 0 Å². The van der Waals surface area contributed by atoms with Gasteiger partial charge in [0, 0.05) is 37.1 Å². The topological polar surface area (TPSA) is 78.2 Å². The molecule has 1 aliphatic rings. The Hall–Kier alpha value is -2.13. The zero-order valence-corrected chi connectivity index (χ0v) is 12.5. The summed E-state index contributed by atoms with van der Waals surface area (Å²) in [5, 5.41) is 12.4. The molecule has 0 aromatic carbocycles. The second kappa shape index (κ2) is 6.10. The van der Waals surface area contributed by atoms with Gasteiger partial charge in [-0.2, -0.15) is 5.26 Å². The average Bonchev–Trinajstić information content (AvgIpc) is 2.36. The van der Waals surface area contributed by atoms with Crippen LogP contribution < -0.4 is 5.32 Å². The molecule has 0 bridgehead atoms. The fourth-order valence-electron chi connectivity index (χ4n) is 2.05. The number of hydrogen-bond donors (Lipinski definition) is 1. The molecule has 0 spiro atoms. The molecule has 1 amide bonds. The van der Waals surface area contributed by atoms with Crippen LogP contribution in [0.4, 0.5) is 4.79 Å². The van der Waals surface area contributed by atoms with Crippen LogP contribution in [0.1, 0.15) is 32.4 Å². The maximum absolute atomic E-state index is 11.8. The molecule has 6 heteroatoms. The first-order chi connectivity index (χ1) is 9.89. The van der Waals surface area contributed by atoms with Crippen molar-refractivity contribution in [3.05, 3.63) is 30.1 Å². The van der Waals surface area contributed by atoms with Gasteiger partial charge in [0.15, 0.2) is 0 Å². The summed E-state index contributed by atoms with van der Waals surface area (Å²) in [6.45, 7) is 6.62. The van der Waals surface area contributed by atoms with Crippen molar-refractivity contribution in [3.63, 3.8) is 0 Å². The van der Waals surface area contributed by atoms with Crippen LogP contribution in [0.25, 0.3) is 0 Å². The van der Waals surface area contributed by atoms with Crippen LogP contribution in [0.15, 0.2) is 24.5 Å². The van der Waals surface area contributed by atoms with E-state index in [1.165, 1.54) is 0 Å². The second-order valence-corrected chi connectivity index (χ2v) is 6.10. The zero-order chi connectivity index (χ0) is 15.5. The van der Waals surface area contributed by atoms with Gasteiger partial charge in [-0.3, -0.25) is 10.3 Å². The molecule has 1 fully saturated rings. The van der Waals surface area contributed by atoms with E-state index in [1.807, 2.05) is 26.8 Å². The first-order valence-corrected chi connectivity index (χ1v) is 6.92. The zero-order valence-electron chi connectivity index (χ0n) is 12.5. The Balaban J connectivity index is 1.82. The molecule has 21 heavy (non-hydrogen) atoms. The summed E-state index contributed by atoms with van der Waals surface area (Å²) in [7, 11) is 0. The Kier molecular flexibility index (Phi) is 4.43. The maximum atomic E-state index is 11.8. The molecule has 1 aliphatic heterocycles. The summed E-state index contributed by atoms with van der Waals surface area (Å²) in [6, 6.07) is 5.56. The molecule has 0 saturated carbocycles. The van der Waals surface area contributed by atoms with Crippen LogP contribution in [0.5, 0.6) is 0 Å². The highest BCUT2D eigenvalue weighted by atomic mass is 16.6. The van der Waals surface area contributed by atoms with Crippen molar-refractivity contribution < 1.29 is 9.53 Å². The smallest absolute Gasteiger partial charge is 0.410 e. The van der Waals surface area contributed by atoms with Crippen LogP contribution in [0, 0.1) is 11.3 Å². The number of nitrogens with zero attached hydrogens (tertiary/aromatic N) is 3. The number of ether oxygens (including phenoxy) is 1. The standard InChI is InChI=1S/C15H20N4O2/c1-15(2,3)21-14(20)19-9-12(10-19)18-13(7-16)11-5-4-6-17-8-11/h4-6,8,12-13,18H,9-10H2,1-3H3/t13-/m0/s1. The third-order valence-corrected chi connectivity index (χ3v) is 3.08. The molecule has 1 N–H and O–H groups in total. The summed E-state index contributed by atoms with van der Waals surface area (Å²) in [4.78, 5) is 17.5. The average molecular weight is 288 g/mol. The second-order valence-electron chi connectivity index (χ2n) is 6.10. The molecule has 0 radical (unpaired) electrons. The fraction of sp³-hybridized carbons (Fsp3) is 0.533. The number of nitriles is 1. The van der Waals surface area contributed by atoms with E-state index in [0.717, 1.165) is 5.56 Å². The number of amides is 1. The van der Waals surface area contributed by atoms with Crippen molar-refractivity contribution in [2.75, 3.05) is 13.1 Å². The van der Waals surface area contributed by atoms with Gasteiger partial charge in [0.1, 0.15) is 11.6 Å². The minimum Gasteiger partial charge on any atom is -0.444 e. The molecule has 6 nitrogen and oxygen atoms in total. The summed E-state index contributed by atoms with van der Waals surface area (Å²) in [5.74, 6) is 0. The van der Waals surface area contributed by atoms with E-state index in [4.69, 9.17) is 4.74 Å². The summed E-state index contributed by atoms with van der Waals surface area (Å²) >= 11 is 0. The number of rotatable bonds is 3. The van der Waals surface area contributed by atoms with Crippen molar-refractivity contribution in [3.8, 4) is 6.07 Å². The van der Waals surface area contributed by atoms with E-state index >= 15 is 0 Å². The van der Waals surface area contributed by atoms with Crippen LogP contribution in [-0.4, -0.2) is 40.7 Å². The summed E-state index contributed by atoms with van der Waals surface area (Å²) in [6.07, 6.45) is 3.03. The van der Waals surface area contributed by atoms with Crippen LogP contribution in [-0.2, 0) is 4.74 Å². The number of nitrogens with one attached hydrogen (secondary N) is 1. The highest BCUT2D eigenvalue weighted by molar-refractivity contribution is 5.69. The highest BCUT2D eigenvalue weighted by Crippen LogP contribution is 2.18. The molecule has 1 aromatic heterocycles. The first kappa shape index (κ1) is 15.3. The summed E-state index contributed by atoms with van der Waals surface area (Å²) < 4.78 is 5.29. The number of carbonyl (C=O) groups excluding carboxylic acids is 1. The van der Waals surface area contributed by atoms with Gasteiger partial charge >= 0.3 is 6.09 Å². The van der Waals surface area contributed by atoms with E-state index in [9.17, 15) is 10.1 Å². The van der Waals surface area contributed by atoms with Crippen LogP contribution in [0.2, 0.25) is 0 Å². The van der Waals surface area contributed by atoms with Crippen molar-refractivity contribution >= 4 is 6.09 Å². The van der Waals surface area contributed by atoms with Crippen LogP contribution >= 0.6 is 0 Å². The van der Waals surface area contributed by atoms with E-state index in [0.29, 0.717) is 13.1 Å². The lowest BCUT2D eigenvalue weighted by molar-refractivity contribution is 0.00474. The number of likely N-dealkylation sites (tertiary alicyclic amines) is 1. The van der Waals surface area contributed by atoms with E-state index in [1.54, 1.807) is 23.4 Å². The SMILES string of the molecule is CC(C)(C)OC(=O)N1CC(N[C@@H](C#N)c2cccnc2)C1. The first-order valence-electron chi connectivity index (χ1n) is 6.92. The van der Waals surface area contributed by atoms with Crippen molar-refractivity contribution in [2.45, 2.75) is 38.5 Å². The number of aromatic nitrogens is 1. The Morgan fingerprint density at radius 3 is 2.81 bits per heavy atom. The van der Waals surface area contributed by atoms with Crippen molar-refractivity contribution in [2.24, 2.45) is 0 Å². The molecule has 2 heterocycles. The Morgan fingerprint density at radius 1 is 1.57 bits per heavy atom. The van der Waals surface area contributed by atoms with Crippen molar-refractivity contribution in [1.82, 2.24) is 15.2 Å². The molecule has 2 rings (SSSR count). The Bertz CT molecular complexity index is 527. The molecular weight excluding hydrogens is 268 g/mol. The molecule has 0 unspecified atom stereocenters. The van der Waals surface area contributed by atoms with Gasteiger partial charge in [-0.15, -0.1) is 0 Å². The molecule has 112 valence electrons. The lowest BCUT2D eigenvalue weighted by atomic mass is 10.1. The van der Waals surface area contributed by atoms with Gasteiger partial charge in [0.2, 0.25) is 0 Å². The van der Waals surface area contributed by atoms with E-state index in [2.05, 4.69) is 16.4 Å². The minimum absolute atomic E-state index is 0.0994. The normalized spacial score (nSPS) is 16.8. The van der Waals surface area contributed by atoms with Gasteiger partial charge in [0.05, 0.1) is 6.07 Å². The number of pyridine rings is 1. The summed E-state index contributed by atoms with van der Waals surface area (Å²) in [5.41, 5.74) is 0.344. The third kappa shape index (κ3) is 4.17. The monoisotopic (exact) mass is 288 g/mol. The molecular formula is C15H20N4O2. The molecule has 1 atom stereocenters. The number of hydrogen-bond acceptors (Lipinski definition) is 5. The highest BCUT2D eigenvalue weighted by Gasteiger charge is 2.34. The number of carbonyl (C=O) groups is 1. The Labute approximate surface area is 124 Å². The maximum Gasteiger partial charge on any atom is 0.410 e. The van der Waals surface area contributed by atoms with Gasteiger partial charge < -0.3 is 9.64 Å². The predicted molar refractivity (Wildman–Crippen MR) is 77.3 cm³/mol. The largest absolute Gasteiger partial charge is 0.444 e. The van der Waals surface area contributed by atoms with Crippen LogP contribution in [0.3, 0.4) is 0 Å². The molecule has 1 saturated heterocycles. The lowest BCUT2D eigenvalue weighted by Crippen LogP contribution is -2.60.